The van der Waals surface area contributed by atoms with Crippen LogP contribution in [0.25, 0.3) is 10.9 Å². The molecule has 3 aromatic rings. The summed E-state index contributed by atoms with van der Waals surface area (Å²) in [6.45, 7) is 30.7. The summed E-state index contributed by atoms with van der Waals surface area (Å²) in [4.78, 5) is 61.5. The minimum Gasteiger partial charge on any atom is -0.478 e. The van der Waals surface area contributed by atoms with Gasteiger partial charge in [0, 0.05) is 67.0 Å². The fraction of sp³-hybridized carbons (Fsp3) is 0.661. The summed E-state index contributed by atoms with van der Waals surface area (Å²) in [6, 6.07) is 12.2. The molecule has 0 radical (unpaired) electrons. The first-order valence-corrected chi connectivity index (χ1v) is 25.7. The van der Waals surface area contributed by atoms with Gasteiger partial charge < -0.3 is 49.8 Å². The van der Waals surface area contributed by atoms with E-state index in [1.54, 1.807) is 20.8 Å². The highest BCUT2D eigenvalue weighted by atomic mass is 16.6. The molecule has 0 saturated heterocycles. The molecular weight excluding hydrogens is 889 g/mol. The third-order valence-electron chi connectivity index (χ3n) is 12.5. The number of aryl methyl sites for hydroxylation is 1. The van der Waals surface area contributed by atoms with Crippen LogP contribution in [0.1, 0.15) is 175 Å². The Hall–Kier alpha value is -4.95. The van der Waals surface area contributed by atoms with Crippen LogP contribution in [-0.4, -0.2) is 92.3 Å². The summed E-state index contributed by atoms with van der Waals surface area (Å²) in [7, 11) is 2.50. The molecule has 14 heteroatoms. The molecule has 2 heterocycles. The Labute approximate surface area is 421 Å². The largest absolute Gasteiger partial charge is 0.478 e. The Bertz CT molecular complexity index is 1990. The monoisotopic (exact) mass is 983 g/mol. The number of hydrogen-bond donors (Lipinski definition) is 3. The number of primary amides is 1. The third-order valence-corrected chi connectivity index (χ3v) is 12.5. The number of aliphatic hydroxyl groups excluding tert-OH is 1. The molecule has 5 unspecified atom stereocenters. The van der Waals surface area contributed by atoms with Gasteiger partial charge in [-0.3, -0.25) is 9.59 Å². The van der Waals surface area contributed by atoms with Crippen LogP contribution in [0.3, 0.4) is 0 Å². The second kappa shape index (κ2) is 34.4. The lowest BCUT2D eigenvalue weighted by molar-refractivity contribution is -0.154. The van der Waals surface area contributed by atoms with Gasteiger partial charge in [-0.2, -0.15) is 0 Å². The number of Topliss-reactive ketones (excluding diaryl/α,β-unsaturated/α-hetero) is 1. The molecule has 398 valence electrons. The summed E-state index contributed by atoms with van der Waals surface area (Å²) in [5.74, 6) is 0.866. The number of anilines is 1. The zero-order valence-corrected chi connectivity index (χ0v) is 46.0. The van der Waals surface area contributed by atoms with E-state index in [4.69, 9.17) is 28.8 Å². The van der Waals surface area contributed by atoms with Gasteiger partial charge >= 0.3 is 11.9 Å². The highest BCUT2D eigenvalue weighted by molar-refractivity contribution is 6.10. The van der Waals surface area contributed by atoms with Crippen molar-refractivity contribution in [1.82, 2.24) is 4.57 Å². The van der Waals surface area contributed by atoms with E-state index in [0.29, 0.717) is 36.0 Å². The number of aldehydes is 1. The van der Waals surface area contributed by atoms with Gasteiger partial charge in [0.1, 0.15) is 17.8 Å². The molecule has 14 nitrogen and oxygen atoms in total. The highest BCUT2D eigenvalue weighted by Crippen LogP contribution is 2.46. The molecule has 0 spiro atoms. The van der Waals surface area contributed by atoms with Crippen molar-refractivity contribution >= 4 is 47.0 Å². The van der Waals surface area contributed by atoms with Crippen molar-refractivity contribution < 1.29 is 48.0 Å². The van der Waals surface area contributed by atoms with E-state index in [2.05, 4.69) is 54.7 Å². The Morgan fingerprint density at radius 3 is 1.87 bits per heavy atom. The van der Waals surface area contributed by atoms with Crippen molar-refractivity contribution in [3.63, 3.8) is 0 Å². The van der Waals surface area contributed by atoms with Gasteiger partial charge in [-0.15, -0.1) is 0 Å². The van der Waals surface area contributed by atoms with E-state index in [1.165, 1.54) is 7.05 Å². The van der Waals surface area contributed by atoms with Crippen LogP contribution < -0.4 is 25.8 Å². The van der Waals surface area contributed by atoms with E-state index in [9.17, 15) is 19.2 Å². The van der Waals surface area contributed by atoms with Gasteiger partial charge in [0.2, 0.25) is 6.41 Å². The number of ketones is 1. The smallest absolute Gasteiger partial charge is 0.347 e. The fourth-order valence-corrected chi connectivity index (χ4v) is 9.61. The molecule has 2 aromatic carbocycles. The van der Waals surface area contributed by atoms with E-state index in [0.717, 1.165) is 106 Å². The lowest BCUT2D eigenvalue weighted by Crippen LogP contribution is -2.40. The van der Waals surface area contributed by atoms with E-state index in [-0.39, 0.29) is 54.0 Å². The molecule has 1 aliphatic rings. The standard InChI is InChI=1S/C51H76N2O8.C2H6.CH3NO.CH5N.CH4O/c1-13-58-49(56)47(33(3)4)60-42-24-18-22-40-45(42)39(26-30-54)31-36(8)52(40)29-20-21-35(7)32-51(11,12)27-16-15-17-28-53-37(9)44(38(10)55)46-41(53)23-19-25-43(46)61-48(34(5)6)50(57)59-14-2;1-2;2-1-3;2*1-2/h18-19,22-25,30,33-36,39,47-48H,13-17,20-21,26-29,31-32H2,1-12H3;1-2H3;1H,(H2,2,3);2H2,1H3;2H,1H3. The average molecular weight is 983 g/mol. The Morgan fingerprint density at radius 1 is 0.829 bits per heavy atom. The summed E-state index contributed by atoms with van der Waals surface area (Å²) in [5.41, 5.74) is 13.5. The first-order valence-electron chi connectivity index (χ1n) is 25.7. The number of nitrogens with two attached hydrogens (primary N) is 2. The number of carbonyl (C=O) groups excluding carboxylic acids is 5. The number of nitrogens with zero attached hydrogens (tertiary/aromatic N) is 2. The number of aromatic nitrogens is 1. The molecular formula is C56H94N4O10. The van der Waals surface area contributed by atoms with Crippen molar-refractivity contribution in [3.8, 4) is 11.5 Å². The number of ether oxygens (including phenoxy) is 4. The Morgan fingerprint density at radius 2 is 1.36 bits per heavy atom. The maximum atomic E-state index is 13.0. The van der Waals surface area contributed by atoms with Crippen molar-refractivity contribution in [2.45, 2.75) is 185 Å². The summed E-state index contributed by atoms with van der Waals surface area (Å²) >= 11 is 0. The maximum Gasteiger partial charge on any atom is 0.347 e. The second-order valence-electron chi connectivity index (χ2n) is 19.0. The van der Waals surface area contributed by atoms with Gasteiger partial charge in [0.25, 0.3) is 0 Å². The SMILES string of the molecule is CC.CCOC(=O)C(Oc1cccc2c1C(CC=O)CC(C)N2CCCC(C)CC(C)(C)CCCCCn1c(C)c(C(C)=O)c2c(OC(C(=O)OCC)C(C)C)cccc21)C(C)C.CN.CO.NC=O. The number of aliphatic hydroxyl groups is 1. The molecule has 5 N–H and O–H groups in total. The van der Waals surface area contributed by atoms with Crippen LogP contribution in [0.2, 0.25) is 0 Å². The average Bonchev–Trinajstić information content (AvgIpc) is 3.61. The van der Waals surface area contributed by atoms with E-state index in [1.807, 2.05) is 78.8 Å². The summed E-state index contributed by atoms with van der Waals surface area (Å²) in [6.07, 6.45) is 8.72. The molecule has 1 aliphatic heterocycles. The number of esters is 2. The molecule has 4 rings (SSSR count). The number of carbonyl (C=O) groups is 5. The Balaban J connectivity index is 0.00000496. The fourth-order valence-electron chi connectivity index (χ4n) is 9.61. The van der Waals surface area contributed by atoms with E-state index >= 15 is 0 Å². The zero-order chi connectivity index (χ0) is 53.7. The number of rotatable bonds is 25. The number of benzene rings is 2. The number of hydrogen-bond acceptors (Lipinski definition) is 12. The highest BCUT2D eigenvalue weighted by Gasteiger charge is 2.35. The van der Waals surface area contributed by atoms with Crippen LogP contribution in [-0.2, 0) is 35.2 Å². The number of fused-ring (bicyclic) bond motifs is 2. The normalized spacial score (nSPS) is 15.2. The molecule has 70 heavy (non-hydrogen) atoms. The zero-order valence-electron chi connectivity index (χ0n) is 46.0. The lowest BCUT2D eigenvalue weighted by Gasteiger charge is -2.42. The third kappa shape index (κ3) is 19.3. The second-order valence-corrected chi connectivity index (χ2v) is 19.0. The quantitative estimate of drug-likeness (QED) is 0.0314. The maximum absolute atomic E-state index is 13.0. The molecule has 0 saturated carbocycles. The molecule has 0 fully saturated rings. The topological polar surface area (TPSA) is 203 Å². The Kier molecular flexibility index (Phi) is 32.0. The van der Waals surface area contributed by atoms with Gasteiger partial charge in [0.15, 0.2) is 18.0 Å². The summed E-state index contributed by atoms with van der Waals surface area (Å²) < 4.78 is 25.7. The van der Waals surface area contributed by atoms with Gasteiger partial charge in [-0.1, -0.05) is 87.3 Å². The molecule has 1 amide bonds. The van der Waals surface area contributed by atoms with Crippen LogP contribution in [0, 0.1) is 30.1 Å². The summed E-state index contributed by atoms with van der Waals surface area (Å²) in [5, 5.41) is 7.77. The van der Waals surface area contributed by atoms with Gasteiger partial charge in [-0.25, -0.2) is 9.59 Å². The van der Waals surface area contributed by atoms with Crippen LogP contribution >= 0.6 is 0 Å². The molecule has 5 atom stereocenters. The minimum atomic E-state index is -0.766. The van der Waals surface area contributed by atoms with Crippen molar-refractivity contribution in [1.29, 1.82) is 0 Å². The van der Waals surface area contributed by atoms with Crippen molar-refractivity contribution in [3.05, 3.63) is 53.2 Å². The predicted molar refractivity (Wildman–Crippen MR) is 285 cm³/mol. The number of unbranched alkanes of at least 4 members (excludes halogenated alkanes) is 2. The van der Waals surface area contributed by atoms with Crippen LogP contribution in [0.4, 0.5) is 5.69 Å². The lowest BCUT2D eigenvalue weighted by atomic mass is 9.78. The first kappa shape index (κ1) is 65.0. The van der Waals surface area contributed by atoms with Crippen molar-refractivity contribution in [2.24, 2.45) is 34.6 Å². The molecule has 0 aliphatic carbocycles. The van der Waals surface area contributed by atoms with Crippen LogP contribution in [0.15, 0.2) is 36.4 Å². The molecule has 1 aromatic heterocycles. The van der Waals surface area contributed by atoms with Gasteiger partial charge in [-0.05, 0) is 122 Å². The van der Waals surface area contributed by atoms with E-state index < -0.39 is 18.2 Å². The van der Waals surface area contributed by atoms with Crippen molar-refractivity contribution in [2.75, 3.05) is 38.8 Å². The predicted octanol–water partition coefficient (Wildman–Crippen LogP) is 10.8. The number of amides is 1. The van der Waals surface area contributed by atoms with Crippen LogP contribution in [0.5, 0.6) is 11.5 Å². The molecule has 0 bridgehead atoms. The minimum absolute atomic E-state index is 0.0183. The first-order chi connectivity index (χ1) is 33.4. The van der Waals surface area contributed by atoms with Gasteiger partial charge in [0.05, 0.1) is 24.1 Å².